The van der Waals surface area contributed by atoms with Gasteiger partial charge in [-0.25, -0.2) is 0 Å². The Balaban J connectivity index is 1.96. The van der Waals surface area contributed by atoms with Gasteiger partial charge >= 0.3 is 0 Å². The molecule has 0 spiro atoms. The average Bonchev–Trinajstić information content (AvgIpc) is 2.47. The van der Waals surface area contributed by atoms with Crippen LogP contribution in [0.4, 0.5) is 0 Å². The lowest BCUT2D eigenvalue weighted by molar-refractivity contribution is -0.116. The summed E-state index contributed by atoms with van der Waals surface area (Å²) in [6.07, 6.45) is 2.39. The Morgan fingerprint density at radius 1 is 1.00 bits per heavy atom. The first-order valence-electron chi connectivity index (χ1n) is 6.66. The number of benzene rings is 2. The van der Waals surface area contributed by atoms with Crippen LogP contribution in [0.1, 0.15) is 12.5 Å². The third-order valence-corrected chi connectivity index (χ3v) is 3.33. The lowest BCUT2D eigenvalue weighted by Gasteiger charge is -2.05. The van der Waals surface area contributed by atoms with Crippen molar-refractivity contribution in [1.29, 1.82) is 0 Å². The molecule has 0 saturated heterocycles. The smallest absolute Gasteiger partial charge is 0.134 e. The number of Topliss-reactive ketones (excluding diaryl/α,β-unsaturated/α-hetero) is 1. The number of hydrogen-bond acceptors (Lipinski definition) is 2. The maximum atomic E-state index is 11.1. The molecule has 0 fully saturated rings. The summed E-state index contributed by atoms with van der Waals surface area (Å²) in [6.45, 7) is 1.61. The average molecular weight is 261 g/mol. The molecular formula is C18H15NO. The van der Waals surface area contributed by atoms with Crippen LogP contribution >= 0.6 is 0 Å². The minimum Gasteiger partial charge on any atom is -0.300 e. The lowest BCUT2D eigenvalue weighted by Crippen LogP contribution is -1.95. The van der Waals surface area contributed by atoms with Crippen LogP contribution in [0.25, 0.3) is 22.0 Å². The molecule has 3 aromatic rings. The third kappa shape index (κ3) is 2.59. The second-order valence-corrected chi connectivity index (χ2v) is 4.99. The zero-order valence-electron chi connectivity index (χ0n) is 11.3. The Bertz CT molecular complexity index is 760. The molecule has 20 heavy (non-hydrogen) atoms. The maximum Gasteiger partial charge on any atom is 0.134 e. The van der Waals surface area contributed by atoms with Crippen LogP contribution in [0.5, 0.6) is 0 Å². The number of aromatic nitrogens is 1. The monoisotopic (exact) mass is 261 g/mol. The van der Waals surface area contributed by atoms with E-state index in [0.29, 0.717) is 6.42 Å². The minimum absolute atomic E-state index is 0.185. The molecule has 2 heteroatoms. The van der Waals surface area contributed by atoms with E-state index in [4.69, 9.17) is 0 Å². The van der Waals surface area contributed by atoms with Gasteiger partial charge in [0, 0.05) is 23.6 Å². The highest BCUT2D eigenvalue weighted by Crippen LogP contribution is 2.23. The Labute approximate surface area is 118 Å². The summed E-state index contributed by atoms with van der Waals surface area (Å²) in [5, 5.41) is 1.14. The second kappa shape index (κ2) is 5.25. The van der Waals surface area contributed by atoms with Crippen molar-refractivity contribution in [2.24, 2.45) is 0 Å². The fourth-order valence-electron chi connectivity index (χ4n) is 2.33. The van der Waals surface area contributed by atoms with Crippen molar-refractivity contribution in [2.45, 2.75) is 13.3 Å². The van der Waals surface area contributed by atoms with Crippen molar-refractivity contribution in [2.75, 3.05) is 0 Å². The van der Waals surface area contributed by atoms with Crippen LogP contribution in [0.2, 0.25) is 0 Å². The number of carbonyl (C=O) groups excluding carboxylic acids is 1. The normalized spacial score (nSPS) is 10.7. The van der Waals surface area contributed by atoms with Crippen molar-refractivity contribution < 1.29 is 4.79 Å². The van der Waals surface area contributed by atoms with Gasteiger partial charge in [-0.15, -0.1) is 0 Å². The van der Waals surface area contributed by atoms with E-state index < -0.39 is 0 Å². The molecule has 1 aromatic heterocycles. The molecule has 0 amide bonds. The van der Waals surface area contributed by atoms with E-state index in [-0.39, 0.29) is 5.78 Å². The van der Waals surface area contributed by atoms with Gasteiger partial charge in [-0.05, 0) is 30.2 Å². The first-order chi connectivity index (χ1) is 9.72. The molecule has 2 nitrogen and oxygen atoms in total. The zero-order chi connectivity index (χ0) is 13.9. The van der Waals surface area contributed by atoms with Gasteiger partial charge in [0.15, 0.2) is 0 Å². The molecule has 3 rings (SSSR count). The Kier molecular flexibility index (Phi) is 3.30. The predicted octanol–water partition coefficient (Wildman–Crippen LogP) is 4.03. The van der Waals surface area contributed by atoms with Gasteiger partial charge in [0.05, 0.1) is 5.52 Å². The Morgan fingerprint density at radius 3 is 2.50 bits per heavy atom. The van der Waals surface area contributed by atoms with Gasteiger partial charge in [0.2, 0.25) is 0 Å². The molecule has 2 aromatic carbocycles. The summed E-state index contributed by atoms with van der Waals surface area (Å²) in [5.41, 5.74) is 4.27. The van der Waals surface area contributed by atoms with E-state index >= 15 is 0 Å². The molecule has 0 N–H and O–H groups in total. The van der Waals surface area contributed by atoms with Crippen LogP contribution < -0.4 is 0 Å². The Hall–Kier alpha value is -2.48. The summed E-state index contributed by atoms with van der Waals surface area (Å²) in [5.74, 6) is 0.185. The summed E-state index contributed by atoms with van der Waals surface area (Å²) >= 11 is 0. The number of para-hydroxylation sites is 1. The number of nitrogens with zero attached hydrogens (tertiary/aromatic N) is 1. The third-order valence-electron chi connectivity index (χ3n) is 3.33. The molecule has 0 saturated carbocycles. The van der Waals surface area contributed by atoms with Gasteiger partial charge in [0.1, 0.15) is 5.78 Å². The highest BCUT2D eigenvalue weighted by Gasteiger charge is 2.02. The predicted molar refractivity (Wildman–Crippen MR) is 81.6 cm³/mol. The summed E-state index contributed by atoms with van der Waals surface area (Å²) in [4.78, 5) is 15.6. The zero-order valence-corrected chi connectivity index (χ0v) is 11.3. The molecular weight excluding hydrogens is 246 g/mol. The van der Waals surface area contributed by atoms with E-state index in [1.807, 2.05) is 48.7 Å². The first kappa shape index (κ1) is 12.5. The highest BCUT2D eigenvalue weighted by molar-refractivity contribution is 5.83. The van der Waals surface area contributed by atoms with Gasteiger partial charge < -0.3 is 0 Å². The maximum absolute atomic E-state index is 11.1. The molecule has 0 atom stereocenters. The number of ketones is 1. The largest absolute Gasteiger partial charge is 0.300 e. The second-order valence-electron chi connectivity index (χ2n) is 4.99. The minimum atomic E-state index is 0.185. The molecule has 1 heterocycles. The molecule has 0 aliphatic carbocycles. The molecule has 0 radical (unpaired) electrons. The molecule has 98 valence electrons. The van der Waals surface area contributed by atoms with Crippen LogP contribution in [-0.2, 0) is 11.2 Å². The first-order valence-corrected chi connectivity index (χ1v) is 6.66. The van der Waals surface area contributed by atoms with E-state index in [1.165, 1.54) is 0 Å². The quantitative estimate of drug-likeness (QED) is 0.712. The molecule has 0 aliphatic heterocycles. The lowest BCUT2D eigenvalue weighted by atomic mass is 10.0. The number of hydrogen-bond donors (Lipinski definition) is 0. The van der Waals surface area contributed by atoms with Gasteiger partial charge in [0.25, 0.3) is 0 Å². The topological polar surface area (TPSA) is 30.0 Å². The fourth-order valence-corrected chi connectivity index (χ4v) is 2.33. The molecule has 0 bridgehead atoms. The molecule has 0 unspecified atom stereocenters. The van der Waals surface area contributed by atoms with Gasteiger partial charge in [-0.3, -0.25) is 9.78 Å². The van der Waals surface area contributed by atoms with Crippen molar-refractivity contribution in [3.63, 3.8) is 0 Å². The van der Waals surface area contributed by atoms with E-state index in [2.05, 4.69) is 17.1 Å². The van der Waals surface area contributed by atoms with Crippen molar-refractivity contribution in [3.05, 3.63) is 66.4 Å². The highest BCUT2D eigenvalue weighted by atomic mass is 16.1. The van der Waals surface area contributed by atoms with Crippen LogP contribution in [0.15, 0.2) is 60.8 Å². The van der Waals surface area contributed by atoms with Crippen molar-refractivity contribution >= 4 is 16.7 Å². The number of pyridine rings is 1. The van der Waals surface area contributed by atoms with E-state index in [0.717, 1.165) is 27.6 Å². The van der Waals surface area contributed by atoms with Crippen molar-refractivity contribution in [1.82, 2.24) is 4.98 Å². The summed E-state index contributed by atoms with van der Waals surface area (Å²) in [6, 6.07) is 18.3. The van der Waals surface area contributed by atoms with Gasteiger partial charge in [-0.2, -0.15) is 0 Å². The molecule has 0 aliphatic rings. The van der Waals surface area contributed by atoms with Crippen molar-refractivity contribution in [3.8, 4) is 11.1 Å². The van der Waals surface area contributed by atoms with E-state index in [9.17, 15) is 4.79 Å². The Morgan fingerprint density at radius 2 is 1.75 bits per heavy atom. The van der Waals surface area contributed by atoms with Crippen LogP contribution in [0, 0.1) is 0 Å². The van der Waals surface area contributed by atoms with E-state index in [1.54, 1.807) is 6.92 Å². The van der Waals surface area contributed by atoms with Gasteiger partial charge in [-0.1, -0.05) is 42.5 Å². The van der Waals surface area contributed by atoms with Crippen LogP contribution in [0.3, 0.4) is 0 Å². The standard InChI is InChI=1S/C18H15NO/c1-13(20)10-14-6-8-15(9-7-14)17-11-16-4-2-3-5-18(16)19-12-17/h2-9,11-12H,10H2,1H3. The number of fused-ring (bicyclic) bond motifs is 1. The SMILES string of the molecule is CC(=O)Cc1ccc(-c2cnc3ccccc3c2)cc1. The summed E-state index contributed by atoms with van der Waals surface area (Å²) < 4.78 is 0. The number of rotatable bonds is 3. The van der Waals surface area contributed by atoms with Crippen LogP contribution in [-0.4, -0.2) is 10.8 Å². The number of carbonyl (C=O) groups is 1. The summed E-state index contributed by atoms with van der Waals surface area (Å²) in [7, 11) is 0. The fraction of sp³-hybridized carbons (Fsp3) is 0.111.